The van der Waals surface area contributed by atoms with Crippen LogP contribution in [0.25, 0.3) is 0 Å². The summed E-state index contributed by atoms with van der Waals surface area (Å²) in [6.45, 7) is 3.42. The van der Waals surface area contributed by atoms with E-state index in [-0.39, 0.29) is 11.5 Å². The Balaban J connectivity index is 3.24. The molecule has 1 N–H and O–H groups in total. The second-order valence-electron chi connectivity index (χ2n) is 3.90. The lowest BCUT2D eigenvalue weighted by molar-refractivity contribution is -0.137. The van der Waals surface area contributed by atoms with Crippen LogP contribution in [0.2, 0.25) is 5.02 Å². The van der Waals surface area contributed by atoms with Gasteiger partial charge in [-0.15, -0.1) is 0 Å². The summed E-state index contributed by atoms with van der Waals surface area (Å²) in [5.41, 5.74) is -0.794. The van der Waals surface area contributed by atoms with E-state index in [4.69, 9.17) is 11.6 Å². The highest BCUT2D eigenvalue weighted by molar-refractivity contribution is 6.32. The minimum Gasteiger partial charge on any atom is -0.388 e. The number of rotatable bonds is 2. The van der Waals surface area contributed by atoms with Crippen molar-refractivity contribution in [2.75, 3.05) is 0 Å². The molecule has 0 spiro atoms. The van der Waals surface area contributed by atoms with E-state index in [1.54, 1.807) is 13.8 Å². The summed E-state index contributed by atoms with van der Waals surface area (Å²) in [6.07, 6.45) is -5.49. The molecule has 0 radical (unpaired) electrons. The van der Waals surface area contributed by atoms with Crippen LogP contribution in [0, 0.1) is 5.92 Å². The highest BCUT2D eigenvalue weighted by atomic mass is 35.5. The van der Waals surface area contributed by atoms with Crippen molar-refractivity contribution in [3.8, 4) is 0 Å². The van der Waals surface area contributed by atoms with Crippen LogP contribution in [0.1, 0.15) is 31.1 Å². The molecule has 1 aromatic carbocycles. The van der Waals surface area contributed by atoms with E-state index in [0.29, 0.717) is 0 Å². The van der Waals surface area contributed by atoms with Crippen LogP contribution in [0.4, 0.5) is 13.2 Å². The minimum atomic E-state index is -4.50. The summed E-state index contributed by atoms with van der Waals surface area (Å²) in [6, 6.07) is 3.55. The van der Waals surface area contributed by atoms with E-state index in [9.17, 15) is 18.3 Å². The topological polar surface area (TPSA) is 20.2 Å². The molecular weight excluding hydrogens is 241 g/mol. The zero-order valence-electron chi connectivity index (χ0n) is 8.85. The first-order valence-electron chi connectivity index (χ1n) is 4.78. The van der Waals surface area contributed by atoms with E-state index < -0.39 is 22.9 Å². The lowest BCUT2D eigenvalue weighted by Crippen LogP contribution is -2.11. The molecule has 0 bridgehead atoms. The largest absolute Gasteiger partial charge is 0.417 e. The van der Waals surface area contributed by atoms with Crippen molar-refractivity contribution in [3.05, 3.63) is 34.3 Å². The predicted molar refractivity (Wildman–Crippen MR) is 56.3 cm³/mol. The van der Waals surface area contributed by atoms with Crippen molar-refractivity contribution >= 4 is 11.6 Å². The number of alkyl halides is 3. The van der Waals surface area contributed by atoms with Crippen molar-refractivity contribution < 1.29 is 18.3 Å². The standard InChI is InChI=1S/C11H12ClF3O/c1-6(2)10(16)7-4-3-5-8(9(7)12)11(13,14)15/h3-6,10,16H,1-2H3. The first kappa shape index (κ1) is 13.3. The number of benzene rings is 1. The molecule has 0 amide bonds. The van der Waals surface area contributed by atoms with Gasteiger partial charge in [0.25, 0.3) is 0 Å². The first-order chi connectivity index (χ1) is 7.25. The Hall–Kier alpha value is -0.740. The summed E-state index contributed by atoms with van der Waals surface area (Å²) in [5.74, 6) is -0.194. The third-order valence-electron chi connectivity index (χ3n) is 2.28. The van der Waals surface area contributed by atoms with Gasteiger partial charge in [0.2, 0.25) is 0 Å². The van der Waals surface area contributed by atoms with Crippen molar-refractivity contribution in [2.24, 2.45) is 5.92 Å². The third kappa shape index (κ3) is 2.68. The van der Waals surface area contributed by atoms with Crippen LogP contribution in [0.3, 0.4) is 0 Å². The number of hydrogen-bond acceptors (Lipinski definition) is 1. The van der Waals surface area contributed by atoms with Crippen LogP contribution in [0.15, 0.2) is 18.2 Å². The van der Waals surface area contributed by atoms with Gasteiger partial charge in [-0.05, 0) is 17.5 Å². The average molecular weight is 253 g/mol. The number of halogens is 4. The quantitative estimate of drug-likeness (QED) is 0.842. The molecule has 0 aliphatic rings. The van der Waals surface area contributed by atoms with Gasteiger partial charge in [-0.2, -0.15) is 13.2 Å². The Morgan fingerprint density at radius 1 is 1.25 bits per heavy atom. The van der Waals surface area contributed by atoms with Gasteiger partial charge in [-0.25, -0.2) is 0 Å². The number of aliphatic hydroxyl groups excluding tert-OH is 1. The monoisotopic (exact) mass is 252 g/mol. The van der Waals surface area contributed by atoms with E-state index in [2.05, 4.69) is 0 Å². The third-order valence-corrected chi connectivity index (χ3v) is 2.71. The zero-order valence-corrected chi connectivity index (χ0v) is 9.60. The molecule has 0 aliphatic carbocycles. The normalized spacial score (nSPS) is 14.2. The van der Waals surface area contributed by atoms with Crippen molar-refractivity contribution in [1.82, 2.24) is 0 Å². The van der Waals surface area contributed by atoms with Crippen molar-refractivity contribution in [1.29, 1.82) is 0 Å². The number of aliphatic hydroxyl groups is 1. The molecule has 5 heteroatoms. The predicted octanol–water partition coefficient (Wildman–Crippen LogP) is 4.05. The molecule has 0 aromatic heterocycles. The Kier molecular flexibility index (Phi) is 3.86. The lowest BCUT2D eigenvalue weighted by Gasteiger charge is -2.18. The number of hydrogen-bond donors (Lipinski definition) is 1. The first-order valence-corrected chi connectivity index (χ1v) is 5.16. The molecule has 0 fully saturated rings. The molecule has 16 heavy (non-hydrogen) atoms. The summed E-state index contributed by atoms with van der Waals surface area (Å²) >= 11 is 5.65. The lowest BCUT2D eigenvalue weighted by atomic mass is 9.97. The second kappa shape index (κ2) is 4.63. The fraction of sp³-hybridized carbons (Fsp3) is 0.455. The molecular formula is C11H12ClF3O. The van der Waals surface area contributed by atoms with Crippen LogP contribution in [0.5, 0.6) is 0 Å². The average Bonchev–Trinajstić information content (AvgIpc) is 2.15. The van der Waals surface area contributed by atoms with E-state index in [0.717, 1.165) is 6.07 Å². The molecule has 0 saturated heterocycles. The maximum absolute atomic E-state index is 12.5. The van der Waals surface area contributed by atoms with Gasteiger partial charge in [0, 0.05) is 0 Å². The van der Waals surface area contributed by atoms with Gasteiger partial charge in [0.15, 0.2) is 0 Å². The smallest absolute Gasteiger partial charge is 0.388 e. The second-order valence-corrected chi connectivity index (χ2v) is 4.27. The molecule has 90 valence electrons. The van der Waals surface area contributed by atoms with Crippen LogP contribution in [-0.2, 0) is 6.18 Å². The Labute approximate surface area is 96.9 Å². The van der Waals surface area contributed by atoms with E-state index in [1.165, 1.54) is 12.1 Å². The molecule has 1 rings (SSSR count). The molecule has 0 aliphatic heterocycles. The molecule has 1 nitrogen and oxygen atoms in total. The fourth-order valence-electron chi connectivity index (χ4n) is 1.36. The van der Waals surface area contributed by atoms with Gasteiger partial charge in [-0.3, -0.25) is 0 Å². The van der Waals surface area contributed by atoms with Crippen LogP contribution in [-0.4, -0.2) is 5.11 Å². The SMILES string of the molecule is CC(C)C(O)c1cccc(C(F)(F)F)c1Cl. The minimum absolute atomic E-state index is 0.117. The molecule has 0 saturated carbocycles. The summed E-state index contributed by atoms with van der Waals surface area (Å²) in [5, 5.41) is 9.30. The summed E-state index contributed by atoms with van der Waals surface area (Å²) in [7, 11) is 0. The van der Waals surface area contributed by atoms with Crippen molar-refractivity contribution in [3.63, 3.8) is 0 Å². The fourth-order valence-corrected chi connectivity index (χ4v) is 1.70. The van der Waals surface area contributed by atoms with Gasteiger partial charge >= 0.3 is 6.18 Å². The molecule has 1 unspecified atom stereocenters. The summed E-state index contributed by atoms with van der Waals surface area (Å²) in [4.78, 5) is 0. The van der Waals surface area contributed by atoms with Crippen LogP contribution >= 0.6 is 11.6 Å². The van der Waals surface area contributed by atoms with Crippen molar-refractivity contribution in [2.45, 2.75) is 26.1 Å². The van der Waals surface area contributed by atoms with Gasteiger partial charge in [-0.1, -0.05) is 37.6 Å². The maximum Gasteiger partial charge on any atom is 0.417 e. The highest BCUT2D eigenvalue weighted by Gasteiger charge is 2.34. The van der Waals surface area contributed by atoms with Gasteiger partial charge in [0.05, 0.1) is 16.7 Å². The Bertz CT molecular complexity index is 374. The van der Waals surface area contributed by atoms with Gasteiger partial charge in [0.1, 0.15) is 0 Å². The zero-order chi connectivity index (χ0) is 12.5. The Morgan fingerprint density at radius 3 is 2.25 bits per heavy atom. The Morgan fingerprint density at radius 2 is 1.81 bits per heavy atom. The summed E-state index contributed by atoms with van der Waals surface area (Å²) < 4.78 is 37.6. The molecule has 1 atom stereocenters. The van der Waals surface area contributed by atoms with E-state index >= 15 is 0 Å². The molecule has 0 heterocycles. The highest BCUT2D eigenvalue weighted by Crippen LogP contribution is 2.39. The van der Waals surface area contributed by atoms with E-state index in [1.807, 2.05) is 0 Å². The maximum atomic E-state index is 12.5. The molecule has 1 aromatic rings. The van der Waals surface area contributed by atoms with Crippen LogP contribution < -0.4 is 0 Å². The van der Waals surface area contributed by atoms with Gasteiger partial charge < -0.3 is 5.11 Å².